The SMILES string of the molecule is CO[C@H]1O[C@H](C)C[C@H](N2CCCCC2)[C@H]1O. The largest absolute Gasteiger partial charge is 0.386 e. The Hall–Kier alpha value is -0.160. The van der Waals surface area contributed by atoms with Gasteiger partial charge < -0.3 is 14.6 Å². The first kappa shape index (κ1) is 12.3. The zero-order valence-corrected chi connectivity index (χ0v) is 10.3. The fraction of sp³-hybridized carbons (Fsp3) is 1.00. The third-order valence-electron chi connectivity index (χ3n) is 3.70. The van der Waals surface area contributed by atoms with Crippen molar-refractivity contribution in [2.24, 2.45) is 0 Å². The first-order valence-electron chi connectivity index (χ1n) is 6.32. The molecule has 0 aromatic rings. The second kappa shape index (κ2) is 5.45. The fourth-order valence-electron chi connectivity index (χ4n) is 2.84. The van der Waals surface area contributed by atoms with E-state index in [1.165, 1.54) is 19.3 Å². The summed E-state index contributed by atoms with van der Waals surface area (Å²) in [5.74, 6) is 0. The predicted molar refractivity (Wildman–Crippen MR) is 61.2 cm³/mol. The Labute approximate surface area is 97.5 Å². The molecule has 0 aromatic carbocycles. The van der Waals surface area contributed by atoms with Gasteiger partial charge in [0.25, 0.3) is 0 Å². The molecule has 2 rings (SSSR count). The lowest BCUT2D eigenvalue weighted by atomic mass is 9.96. The average Bonchev–Trinajstić information content (AvgIpc) is 2.33. The van der Waals surface area contributed by atoms with Crippen molar-refractivity contribution in [1.29, 1.82) is 0 Å². The smallest absolute Gasteiger partial charge is 0.184 e. The molecule has 2 aliphatic heterocycles. The fourth-order valence-corrected chi connectivity index (χ4v) is 2.84. The van der Waals surface area contributed by atoms with Crippen LogP contribution in [0.15, 0.2) is 0 Å². The van der Waals surface area contributed by atoms with E-state index in [0.29, 0.717) is 0 Å². The minimum Gasteiger partial charge on any atom is -0.386 e. The molecule has 0 amide bonds. The Bertz CT molecular complexity index is 216. The minimum absolute atomic E-state index is 0.167. The Morgan fingerprint density at radius 2 is 1.94 bits per heavy atom. The van der Waals surface area contributed by atoms with Gasteiger partial charge in [-0.15, -0.1) is 0 Å². The van der Waals surface area contributed by atoms with Gasteiger partial charge in [-0.25, -0.2) is 0 Å². The summed E-state index contributed by atoms with van der Waals surface area (Å²) < 4.78 is 10.8. The summed E-state index contributed by atoms with van der Waals surface area (Å²) in [4.78, 5) is 2.40. The van der Waals surface area contributed by atoms with Gasteiger partial charge in [0.15, 0.2) is 6.29 Å². The van der Waals surface area contributed by atoms with Crippen LogP contribution in [0.3, 0.4) is 0 Å². The van der Waals surface area contributed by atoms with Crippen molar-refractivity contribution in [2.45, 2.75) is 57.1 Å². The number of likely N-dealkylation sites (tertiary alicyclic amines) is 1. The monoisotopic (exact) mass is 229 g/mol. The van der Waals surface area contributed by atoms with E-state index in [9.17, 15) is 5.11 Å². The quantitative estimate of drug-likeness (QED) is 0.766. The van der Waals surface area contributed by atoms with Crippen LogP contribution < -0.4 is 0 Å². The summed E-state index contributed by atoms with van der Waals surface area (Å²) in [6.45, 7) is 4.25. The van der Waals surface area contributed by atoms with E-state index in [0.717, 1.165) is 19.5 Å². The predicted octanol–water partition coefficient (Wildman–Crippen LogP) is 0.983. The van der Waals surface area contributed by atoms with E-state index in [-0.39, 0.29) is 12.1 Å². The Morgan fingerprint density at radius 3 is 2.56 bits per heavy atom. The maximum absolute atomic E-state index is 10.2. The number of ether oxygens (including phenoxy) is 2. The molecule has 2 aliphatic rings. The number of hydrogen-bond acceptors (Lipinski definition) is 4. The van der Waals surface area contributed by atoms with E-state index in [2.05, 4.69) is 11.8 Å². The number of hydrogen-bond donors (Lipinski definition) is 1. The maximum atomic E-state index is 10.2. The van der Waals surface area contributed by atoms with Crippen molar-refractivity contribution in [2.75, 3.05) is 20.2 Å². The zero-order valence-electron chi connectivity index (χ0n) is 10.3. The van der Waals surface area contributed by atoms with Crippen LogP contribution in [0.5, 0.6) is 0 Å². The van der Waals surface area contributed by atoms with Gasteiger partial charge in [0.05, 0.1) is 6.10 Å². The van der Waals surface area contributed by atoms with Gasteiger partial charge >= 0.3 is 0 Å². The molecule has 0 unspecified atom stereocenters. The van der Waals surface area contributed by atoms with Crippen molar-refractivity contribution in [1.82, 2.24) is 4.90 Å². The van der Waals surface area contributed by atoms with Crippen LogP contribution in [0.1, 0.15) is 32.6 Å². The summed E-state index contributed by atoms with van der Waals surface area (Å²) in [5.41, 5.74) is 0. The lowest BCUT2D eigenvalue weighted by molar-refractivity contribution is -0.245. The van der Waals surface area contributed by atoms with Crippen molar-refractivity contribution in [3.05, 3.63) is 0 Å². The lowest BCUT2D eigenvalue weighted by Gasteiger charge is -2.44. The molecule has 4 atom stereocenters. The van der Waals surface area contributed by atoms with E-state index in [1.54, 1.807) is 7.11 Å². The maximum Gasteiger partial charge on any atom is 0.184 e. The highest BCUT2D eigenvalue weighted by atomic mass is 16.7. The summed E-state index contributed by atoms with van der Waals surface area (Å²) >= 11 is 0. The van der Waals surface area contributed by atoms with Crippen LogP contribution in [0.25, 0.3) is 0 Å². The molecule has 0 saturated carbocycles. The van der Waals surface area contributed by atoms with Crippen molar-refractivity contribution >= 4 is 0 Å². The summed E-state index contributed by atoms with van der Waals surface area (Å²) in [7, 11) is 1.60. The molecule has 2 saturated heterocycles. The third kappa shape index (κ3) is 2.56. The Kier molecular flexibility index (Phi) is 4.19. The van der Waals surface area contributed by atoms with Crippen LogP contribution in [0.4, 0.5) is 0 Å². The van der Waals surface area contributed by atoms with E-state index in [4.69, 9.17) is 9.47 Å². The highest BCUT2D eigenvalue weighted by Crippen LogP contribution is 2.26. The topological polar surface area (TPSA) is 41.9 Å². The van der Waals surface area contributed by atoms with Gasteiger partial charge in [-0.1, -0.05) is 6.42 Å². The van der Waals surface area contributed by atoms with Gasteiger partial charge in [-0.2, -0.15) is 0 Å². The third-order valence-corrected chi connectivity index (χ3v) is 3.70. The molecule has 4 heteroatoms. The molecule has 2 fully saturated rings. The number of aliphatic hydroxyl groups excluding tert-OH is 1. The summed E-state index contributed by atoms with van der Waals surface area (Å²) in [6.07, 6.45) is 3.90. The molecule has 16 heavy (non-hydrogen) atoms. The lowest BCUT2D eigenvalue weighted by Crippen LogP contribution is -2.56. The first-order valence-corrected chi connectivity index (χ1v) is 6.32. The van der Waals surface area contributed by atoms with E-state index in [1.807, 2.05) is 0 Å². The van der Waals surface area contributed by atoms with Gasteiger partial charge in [0.1, 0.15) is 6.10 Å². The molecule has 0 spiro atoms. The zero-order chi connectivity index (χ0) is 11.5. The van der Waals surface area contributed by atoms with Crippen molar-refractivity contribution < 1.29 is 14.6 Å². The van der Waals surface area contributed by atoms with Gasteiger partial charge in [-0.3, -0.25) is 4.90 Å². The van der Waals surface area contributed by atoms with Crippen molar-refractivity contribution in [3.63, 3.8) is 0 Å². The number of aliphatic hydroxyl groups is 1. The second-order valence-corrected chi connectivity index (χ2v) is 4.94. The number of nitrogens with zero attached hydrogens (tertiary/aromatic N) is 1. The van der Waals surface area contributed by atoms with E-state index < -0.39 is 12.4 Å². The van der Waals surface area contributed by atoms with Gasteiger partial charge in [0.2, 0.25) is 0 Å². The van der Waals surface area contributed by atoms with Gasteiger partial charge in [0, 0.05) is 13.2 Å². The minimum atomic E-state index is -0.515. The Balaban J connectivity index is 2.00. The molecular formula is C12H23NO3. The molecule has 2 heterocycles. The molecule has 0 radical (unpaired) electrons. The van der Waals surface area contributed by atoms with Crippen LogP contribution in [-0.4, -0.2) is 54.7 Å². The Morgan fingerprint density at radius 1 is 1.25 bits per heavy atom. The van der Waals surface area contributed by atoms with Crippen LogP contribution >= 0.6 is 0 Å². The molecule has 0 aromatic heterocycles. The number of piperidine rings is 1. The molecule has 94 valence electrons. The standard InChI is InChI=1S/C12H23NO3/c1-9-8-10(11(14)12(15-2)16-9)13-6-4-3-5-7-13/h9-12,14H,3-8H2,1-2H3/t9-,10+,11-,12+/m1/s1. The second-order valence-electron chi connectivity index (χ2n) is 4.94. The first-order chi connectivity index (χ1) is 7.72. The van der Waals surface area contributed by atoms with Crippen LogP contribution in [0, 0.1) is 0 Å². The number of rotatable bonds is 2. The summed E-state index contributed by atoms with van der Waals surface area (Å²) in [6, 6.07) is 0.203. The van der Waals surface area contributed by atoms with Gasteiger partial charge in [-0.05, 0) is 39.3 Å². The highest BCUT2D eigenvalue weighted by molar-refractivity contribution is 4.88. The molecule has 1 N–H and O–H groups in total. The molecular weight excluding hydrogens is 206 g/mol. The van der Waals surface area contributed by atoms with E-state index >= 15 is 0 Å². The molecule has 4 nitrogen and oxygen atoms in total. The highest BCUT2D eigenvalue weighted by Gasteiger charge is 2.39. The normalized spacial score (nSPS) is 42.2. The summed E-state index contributed by atoms with van der Waals surface area (Å²) in [5, 5.41) is 10.2. The van der Waals surface area contributed by atoms with Crippen molar-refractivity contribution in [3.8, 4) is 0 Å². The van der Waals surface area contributed by atoms with Crippen LogP contribution in [-0.2, 0) is 9.47 Å². The average molecular weight is 229 g/mol. The molecule has 0 aliphatic carbocycles. The molecule has 0 bridgehead atoms. The number of methoxy groups -OCH3 is 1. The van der Waals surface area contributed by atoms with Crippen LogP contribution in [0.2, 0.25) is 0 Å².